The van der Waals surface area contributed by atoms with Gasteiger partial charge in [0.15, 0.2) is 0 Å². The maximum atomic E-state index is 5.83. The normalized spacial score (nSPS) is 14.9. The Hall–Kier alpha value is -1.75. The fourth-order valence-electron chi connectivity index (χ4n) is 1.66. The number of unbranched alkanes of at least 4 members (excludes halogenated alkanes) is 1. The minimum Gasteiger partial charge on any atom is -0.382 e. The summed E-state index contributed by atoms with van der Waals surface area (Å²) in [6.07, 6.45) is 8.77. The second-order valence-electron chi connectivity index (χ2n) is 4.15. The van der Waals surface area contributed by atoms with Gasteiger partial charge in [0.05, 0.1) is 0 Å². The third-order valence-electron chi connectivity index (χ3n) is 2.52. The minimum absolute atomic E-state index is 0.512. The molecule has 0 spiro atoms. The standard InChI is InChI=1S/C13H23N5/c1-4-7-8-12-11-13(14)16-18(15-12)17(9-5-2)10-6-3/h5-6,11,15H,2-4,7-10H2,1H3,(H2,14,16). The quantitative estimate of drug-likeness (QED) is 0.643. The van der Waals surface area contributed by atoms with Gasteiger partial charge in [0.1, 0.15) is 5.84 Å². The SMILES string of the molecule is C=CCN(CC=C)N1N=C(N)C=C(CCCC)N1. The summed E-state index contributed by atoms with van der Waals surface area (Å²) in [6, 6.07) is 0. The predicted molar refractivity (Wildman–Crippen MR) is 76.2 cm³/mol. The number of allylic oxidation sites excluding steroid dienone is 1. The van der Waals surface area contributed by atoms with Gasteiger partial charge in [-0.2, -0.15) is 5.01 Å². The maximum absolute atomic E-state index is 5.83. The molecule has 0 aromatic carbocycles. The lowest BCUT2D eigenvalue weighted by atomic mass is 10.2. The fourth-order valence-corrected chi connectivity index (χ4v) is 1.66. The van der Waals surface area contributed by atoms with E-state index in [2.05, 4.69) is 30.6 Å². The van der Waals surface area contributed by atoms with E-state index in [-0.39, 0.29) is 0 Å². The number of hydrogen-bond donors (Lipinski definition) is 2. The van der Waals surface area contributed by atoms with E-state index in [1.54, 1.807) is 5.23 Å². The topological polar surface area (TPSA) is 56.9 Å². The molecule has 0 saturated heterocycles. The van der Waals surface area contributed by atoms with Crippen LogP contribution in [0, 0.1) is 0 Å². The number of nitrogens with two attached hydrogens (primary N) is 1. The first kappa shape index (κ1) is 14.3. The zero-order valence-corrected chi connectivity index (χ0v) is 11.1. The van der Waals surface area contributed by atoms with Gasteiger partial charge in [-0.1, -0.05) is 25.5 Å². The maximum Gasteiger partial charge on any atom is 0.148 e. The third kappa shape index (κ3) is 4.25. The van der Waals surface area contributed by atoms with Crippen LogP contribution in [-0.2, 0) is 0 Å². The number of hydrogen-bond acceptors (Lipinski definition) is 5. The number of hydrazone groups is 1. The van der Waals surface area contributed by atoms with Crippen LogP contribution in [0.25, 0.3) is 0 Å². The Labute approximate surface area is 109 Å². The van der Waals surface area contributed by atoms with E-state index < -0.39 is 0 Å². The number of nitrogens with zero attached hydrogens (tertiary/aromatic N) is 3. The van der Waals surface area contributed by atoms with Crippen molar-refractivity contribution in [3.8, 4) is 0 Å². The van der Waals surface area contributed by atoms with Gasteiger partial charge in [-0.05, 0) is 12.8 Å². The summed E-state index contributed by atoms with van der Waals surface area (Å²) in [6.45, 7) is 11.0. The second-order valence-corrected chi connectivity index (χ2v) is 4.15. The van der Waals surface area contributed by atoms with Crippen molar-refractivity contribution in [2.75, 3.05) is 13.1 Å². The van der Waals surface area contributed by atoms with Crippen molar-refractivity contribution >= 4 is 5.84 Å². The summed E-state index contributed by atoms with van der Waals surface area (Å²) in [5.41, 5.74) is 10.2. The Balaban J connectivity index is 2.69. The molecular formula is C13H23N5. The molecule has 1 aliphatic heterocycles. The van der Waals surface area contributed by atoms with Crippen molar-refractivity contribution in [1.82, 2.24) is 15.7 Å². The summed E-state index contributed by atoms with van der Waals surface area (Å²) >= 11 is 0. The number of hydrazine groups is 2. The molecule has 1 heterocycles. The van der Waals surface area contributed by atoms with Gasteiger partial charge in [-0.25, -0.2) is 0 Å². The van der Waals surface area contributed by atoms with Crippen molar-refractivity contribution < 1.29 is 0 Å². The van der Waals surface area contributed by atoms with Crippen molar-refractivity contribution in [3.63, 3.8) is 0 Å². The van der Waals surface area contributed by atoms with Gasteiger partial charge in [0, 0.05) is 24.9 Å². The molecule has 0 amide bonds. The lowest BCUT2D eigenvalue weighted by Gasteiger charge is -2.34. The van der Waals surface area contributed by atoms with Crippen LogP contribution in [-0.4, -0.2) is 29.2 Å². The van der Waals surface area contributed by atoms with Crippen LogP contribution in [0.15, 0.2) is 42.2 Å². The smallest absolute Gasteiger partial charge is 0.148 e. The lowest BCUT2D eigenvalue weighted by molar-refractivity contribution is -0.0436. The highest BCUT2D eigenvalue weighted by Crippen LogP contribution is 2.10. The van der Waals surface area contributed by atoms with E-state index in [0.717, 1.165) is 25.0 Å². The zero-order chi connectivity index (χ0) is 13.4. The zero-order valence-electron chi connectivity index (χ0n) is 11.1. The van der Waals surface area contributed by atoms with Gasteiger partial charge < -0.3 is 5.73 Å². The summed E-state index contributed by atoms with van der Waals surface area (Å²) < 4.78 is 0. The molecule has 0 fully saturated rings. The van der Waals surface area contributed by atoms with Crippen molar-refractivity contribution in [3.05, 3.63) is 37.1 Å². The molecule has 5 nitrogen and oxygen atoms in total. The average molecular weight is 249 g/mol. The molecule has 3 N–H and O–H groups in total. The summed E-state index contributed by atoms with van der Waals surface area (Å²) in [5.74, 6) is 0.512. The van der Waals surface area contributed by atoms with Crippen molar-refractivity contribution in [2.24, 2.45) is 10.8 Å². The van der Waals surface area contributed by atoms with Gasteiger partial charge in [0.2, 0.25) is 0 Å². The fraction of sp³-hybridized carbons (Fsp3) is 0.462. The van der Waals surface area contributed by atoms with E-state index in [1.165, 1.54) is 0 Å². The molecule has 0 radical (unpaired) electrons. The molecule has 0 bridgehead atoms. The highest BCUT2D eigenvalue weighted by Gasteiger charge is 2.16. The second kappa shape index (κ2) is 7.55. The van der Waals surface area contributed by atoms with Crippen LogP contribution in [0.5, 0.6) is 0 Å². The van der Waals surface area contributed by atoms with E-state index in [9.17, 15) is 0 Å². The van der Waals surface area contributed by atoms with Gasteiger partial charge in [-0.3, -0.25) is 5.43 Å². The van der Waals surface area contributed by atoms with Crippen LogP contribution in [0.4, 0.5) is 0 Å². The first-order valence-electron chi connectivity index (χ1n) is 6.29. The number of nitrogens with one attached hydrogen (secondary N) is 1. The monoisotopic (exact) mass is 249 g/mol. The highest BCUT2D eigenvalue weighted by molar-refractivity contribution is 5.92. The van der Waals surface area contributed by atoms with Crippen LogP contribution < -0.4 is 11.2 Å². The number of rotatable bonds is 8. The summed E-state index contributed by atoms with van der Waals surface area (Å²) in [7, 11) is 0. The lowest BCUT2D eigenvalue weighted by Crippen LogP contribution is -2.50. The molecule has 0 saturated carbocycles. The minimum atomic E-state index is 0.512. The molecule has 18 heavy (non-hydrogen) atoms. The van der Waals surface area contributed by atoms with Crippen LogP contribution in [0.1, 0.15) is 26.2 Å². The molecule has 0 atom stereocenters. The molecule has 0 unspecified atom stereocenters. The van der Waals surface area contributed by atoms with Gasteiger partial charge in [0.25, 0.3) is 0 Å². The third-order valence-corrected chi connectivity index (χ3v) is 2.52. The van der Waals surface area contributed by atoms with Gasteiger partial charge >= 0.3 is 0 Å². The first-order chi connectivity index (χ1) is 8.71. The molecule has 1 rings (SSSR count). The van der Waals surface area contributed by atoms with Crippen LogP contribution >= 0.6 is 0 Å². The van der Waals surface area contributed by atoms with Gasteiger partial charge in [-0.15, -0.1) is 23.5 Å². The molecule has 0 aliphatic carbocycles. The molecule has 0 aromatic heterocycles. The molecular weight excluding hydrogens is 226 g/mol. The Bertz CT molecular complexity index is 335. The van der Waals surface area contributed by atoms with Crippen LogP contribution in [0.2, 0.25) is 0 Å². The predicted octanol–water partition coefficient (Wildman–Crippen LogP) is 1.74. The van der Waals surface area contributed by atoms with E-state index in [1.807, 2.05) is 23.2 Å². The summed E-state index contributed by atoms with van der Waals surface area (Å²) in [4.78, 5) is 0. The molecule has 100 valence electrons. The Morgan fingerprint density at radius 2 is 2.11 bits per heavy atom. The molecule has 1 aliphatic rings. The van der Waals surface area contributed by atoms with E-state index in [4.69, 9.17) is 5.73 Å². The Kier molecular flexibility index (Phi) is 6.00. The van der Waals surface area contributed by atoms with E-state index >= 15 is 0 Å². The van der Waals surface area contributed by atoms with Crippen molar-refractivity contribution in [1.29, 1.82) is 0 Å². The number of amidine groups is 1. The largest absolute Gasteiger partial charge is 0.382 e. The average Bonchev–Trinajstić information content (AvgIpc) is 2.35. The first-order valence-corrected chi connectivity index (χ1v) is 6.29. The highest BCUT2D eigenvalue weighted by atomic mass is 15.9. The Morgan fingerprint density at radius 3 is 2.67 bits per heavy atom. The van der Waals surface area contributed by atoms with Crippen LogP contribution in [0.3, 0.4) is 0 Å². The molecule has 5 heteroatoms. The van der Waals surface area contributed by atoms with Crippen molar-refractivity contribution in [2.45, 2.75) is 26.2 Å². The summed E-state index contributed by atoms with van der Waals surface area (Å²) in [5, 5.41) is 7.88. The Morgan fingerprint density at radius 1 is 1.44 bits per heavy atom. The van der Waals surface area contributed by atoms with E-state index in [0.29, 0.717) is 18.9 Å². The molecule has 0 aromatic rings.